The lowest BCUT2D eigenvalue weighted by Gasteiger charge is -1.97. The molecule has 2 aromatic carbocycles. The van der Waals surface area contributed by atoms with Crippen LogP contribution in [-0.2, 0) is 10.0 Å². The van der Waals surface area contributed by atoms with E-state index in [1.165, 1.54) is 18.2 Å². The number of sulfonamides is 1. The predicted octanol–water partition coefficient (Wildman–Crippen LogP) is 2.77. The molecule has 0 aliphatic heterocycles. The summed E-state index contributed by atoms with van der Waals surface area (Å²) < 4.78 is 39.1. The van der Waals surface area contributed by atoms with Crippen molar-refractivity contribution in [2.45, 2.75) is 0 Å². The SMILES string of the molecule is O=S(=O)(/C=C/c1ccccc1)NCC#Cc1ccccc1F. The first-order valence-corrected chi connectivity index (χ1v) is 8.08. The van der Waals surface area contributed by atoms with Gasteiger partial charge in [0.25, 0.3) is 0 Å². The number of rotatable bonds is 4. The highest BCUT2D eigenvalue weighted by Crippen LogP contribution is 2.04. The van der Waals surface area contributed by atoms with E-state index in [1.54, 1.807) is 24.3 Å². The minimum Gasteiger partial charge on any atom is -0.208 e. The molecule has 0 radical (unpaired) electrons. The second kappa shape index (κ2) is 7.55. The van der Waals surface area contributed by atoms with Crippen molar-refractivity contribution < 1.29 is 12.8 Å². The van der Waals surface area contributed by atoms with Gasteiger partial charge >= 0.3 is 0 Å². The summed E-state index contributed by atoms with van der Waals surface area (Å²) >= 11 is 0. The Labute approximate surface area is 129 Å². The third kappa shape index (κ3) is 5.17. The zero-order valence-corrected chi connectivity index (χ0v) is 12.5. The Bertz CT molecular complexity index is 818. The second-order valence-corrected chi connectivity index (χ2v) is 6.01. The van der Waals surface area contributed by atoms with Gasteiger partial charge in [-0.1, -0.05) is 54.3 Å². The van der Waals surface area contributed by atoms with Crippen molar-refractivity contribution in [3.05, 3.63) is 76.9 Å². The molecule has 2 rings (SSSR count). The Morgan fingerprint density at radius 2 is 1.73 bits per heavy atom. The molecule has 0 aliphatic rings. The van der Waals surface area contributed by atoms with Gasteiger partial charge < -0.3 is 0 Å². The molecule has 22 heavy (non-hydrogen) atoms. The van der Waals surface area contributed by atoms with Crippen molar-refractivity contribution in [1.29, 1.82) is 0 Å². The number of hydrogen-bond acceptors (Lipinski definition) is 2. The van der Waals surface area contributed by atoms with Gasteiger partial charge in [-0.3, -0.25) is 0 Å². The lowest BCUT2D eigenvalue weighted by molar-refractivity contribution is 0.595. The molecule has 0 aromatic heterocycles. The van der Waals surface area contributed by atoms with Crippen LogP contribution < -0.4 is 4.72 Å². The monoisotopic (exact) mass is 315 g/mol. The molecule has 5 heteroatoms. The third-order valence-electron chi connectivity index (χ3n) is 2.70. The molecule has 0 saturated carbocycles. The van der Waals surface area contributed by atoms with E-state index in [0.29, 0.717) is 0 Å². The smallest absolute Gasteiger partial charge is 0.208 e. The predicted molar refractivity (Wildman–Crippen MR) is 85.7 cm³/mol. The Morgan fingerprint density at radius 1 is 1.05 bits per heavy atom. The molecule has 0 bridgehead atoms. The van der Waals surface area contributed by atoms with E-state index in [2.05, 4.69) is 16.6 Å². The van der Waals surface area contributed by atoms with Crippen LogP contribution in [-0.4, -0.2) is 15.0 Å². The summed E-state index contributed by atoms with van der Waals surface area (Å²) in [4.78, 5) is 0. The van der Waals surface area contributed by atoms with Crippen LogP contribution in [0.4, 0.5) is 4.39 Å². The zero-order chi connectivity index (χ0) is 15.8. The summed E-state index contributed by atoms with van der Waals surface area (Å²) in [6.45, 7) is -0.0875. The summed E-state index contributed by atoms with van der Waals surface area (Å²) in [5.74, 6) is 4.74. The molecule has 2 aromatic rings. The number of nitrogens with one attached hydrogen (secondary N) is 1. The van der Waals surface area contributed by atoms with Gasteiger partial charge in [-0.25, -0.2) is 12.8 Å². The second-order valence-electron chi connectivity index (χ2n) is 4.36. The Morgan fingerprint density at radius 3 is 2.45 bits per heavy atom. The van der Waals surface area contributed by atoms with Crippen LogP contribution in [0.2, 0.25) is 0 Å². The minimum atomic E-state index is -3.57. The standard InChI is InChI=1S/C17H14FNO2S/c18-17-11-5-4-9-16(17)10-6-13-19-22(20,21)14-12-15-7-2-1-3-8-15/h1-5,7-9,11-12,14,19H,13H2/b14-12+. The summed E-state index contributed by atoms with van der Waals surface area (Å²) in [6, 6.07) is 15.1. The molecule has 1 N–H and O–H groups in total. The highest BCUT2D eigenvalue weighted by atomic mass is 32.2. The van der Waals surface area contributed by atoms with Crippen LogP contribution >= 0.6 is 0 Å². The average Bonchev–Trinajstić information content (AvgIpc) is 2.52. The summed E-state index contributed by atoms with van der Waals surface area (Å²) in [5, 5.41) is 1.08. The highest BCUT2D eigenvalue weighted by molar-refractivity contribution is 7.92. The van der Waals surface area contributed by atoms with Crippen molar-refractivity contribution in [2.75, 3.05) is 6.54 Å². The molecule has 112 valence electrons. The Hall–Kier alpha value is -2.42. The van der Waals surface area contributed by atoms with Crippen LogP contribution in [0.3, 0.4) is 0 Å². The zero-order valence-electron chi connectivity index (χ0n) is 11.7. The van der Waals surface area contributed by atoms with E-state index in [1.807, 2.05) is 18.2 Å². The van der Waals surface area contributed by atoms with Crippen LogP contribution in [0.5, 0.6) is 0 Å². The fourth-order valence-corrected chi connectivity index (χ4v) is 2.32. The maximum atomic E-state index is 13.3. The van der Waals surface area contributed by atoms with Gasteiger partial charge in [-0.2, -0.15) is 4.72 Å². The maximum absolute atomic E-state index is 13.3. The number of hydrogen-bond donors (Lipinski definition) is 1. The Kier molecular flexibility index (Phi) is 5.48. The van der Waals surface area contributed by atoms with Crippen molar-refractivity contribution in [1.82, 2.24) is 4.72 Å². The van der Waals surface area contributed by atoms with Crippen LogP contribution in [0.1, 0.15) is 11.1 Å². The molecule has 3 nitrogen and oxygen atoms in total. The molecule has 0 aliphatic carbocycles. The number of benzene rings is 2. The third-order valence-corrected chi connectivity index (χ3v) is 3.74. The maximum Gasteiger partial charge on any atom is 0.234 e. The first kappa shape index (κ1) is 16.0. The fraction of sp³-hybridized carbons (Fsp3) is 0.0588. The molecule has 0 heterocycles. The highest BCUT2D eigenvalue weighted by Gasteiger charge is 2.02. The van der Waals surface area contributed by atoms with Gasteiger partial charge in [0.05, 0.1) is 12.1 Å². The van der Waals surface area contributed by atoms with Crippen molar-refractivity contribution in [3.63, 3.8) is 0 Å². The van der Waals surface area contributed by atoms with Gasteiger partial charge in [0.2, 0.25) is 10.0 Å². The van der Waals surface area contributed by atoms with Gasteiger partial charge in [0, 0.05) is 5.41 Å². The minimum absolute atomic E-state index is 0.0875. The van der Waals surface area contributed by atoms with E-state index in [-0.39, 0.29) is 12.1 Å². The van der Waals surface area contributed by atoms with Gasteiger partial charge in [-0.15, -0.1) is 0 Å². The van der Waals surface area contributed by atoms with Crippen LogP contribution in [0.15, 0.2) is 60.0 Å². The first-order chi connectivity index (χ1) is 10.6. The Balaban J connectivity index is 1.94. The molecule has 0 atom stereocenters. The molecule has 0 fully saturated rings. The lowest BCUT2D eigenvalue weighted by atomic mass is 10.2. The molecular weight excluding hydrogens is 301 g/mol. The van der Waals surface area contributed by atoms with E-state index in [4.69, 9.17) is 0 Å². The van der Waals surface area contributed by atoms with Crippen molar-refractivity contribution in [3.8, 4) is 11.8 Å². The molecule has 0 unspecified atom stereocenters. The van der Waals surface area contributed by atoms with Crippen molar-refractivity contribution in [2.24, 2.45) is 0 Å². The number of halogens is 1. The lowest BCUT2D eigenvalue weighted by Crippen LogP contribution is -2.21. The molecular formula is C17H14FNO2S. The summed E-state index contributed by atoms with van der Waals surface area (Å²) in [5.41, 5.74) is 1.02. The average molecular weight is 315 g/mol. The van der Waals surface area contributed by atoms with E-state index >= 15 is 0 Å². The molecule has 0 amide bonds. The quantitative estimate of drug-likeness (QED) is 0.882. The molecule has 0 spiro atoms. The first-order valence-electron chi connectivity index (χ1n) is 6.53. The fourth-order valence-electron chi connectivity index (χ4n) is 1.62. The summed E-state index contributed by atoms with van der Waals surface area (Å²) in [7, 11) is -3.57. The van der Waals surface area contributed by atoms with Gasteiger partial charge in [0.15, 0.2) is 0 Å². The largest absolute Gasteiger partial charge is 0.234 e. The van der Waals surface area contributed by atoms with Crippen molar-refractivity contribution >= 4 is 16.1 Å². The molecule has 0 saturated heterocycles. The van der Waals surface area contributed by atoms with Gasteiger partial charge in [0.1, 0.15) is 5.82 Å². The van der Waals surface area contributed by atoms with E-state index in [0.717, 1.165) is 11.0 Å². The van der Waals surface area contributed by atoms with E-state index in [9.17, 15) is 12.8 Å². The topological polar surface area (TPSA) is 46.2 Å². The van der Waals surface area contributed by atoms with Gasteiger partial charge in [-0.05, 0) is 23.8 Å². The van der Waals surface area contributed by atoms with Crippen LogP contribution in [0.25, 0.3) is 6.08 Å². The normalized spacial score (nSPS) is 11.1. The van der Waals surface area contributed by atoms with E-state index < -0.39 is 15.8 Å². The van der Waals surface area contributed by atoms with Crippen LogP contribution in [0, 0.1) is 17.7 Å². The summed E-state index contributed by atoms with van der Waals surface area (Å²) in [6.07, 6.45) is 1.49.